The summed E-state index contributed by atoms with van der Waals surface area (Å²) in [5.74, 6) is 0.787. The van der Waals surface area contributed by atoms with E-state index in [9.17, 15) is 8.78 Å². The maximum Gasteiger partial charge on any atom is 0.194 e. The number of guanidine groups is 1. The zero-order valence-corrected chi connectivity index (χ0v) is 14.2. The summed E-state index contributed by atoms with van der Waals surface area (Å²) in [6, 6.07) is 7.29. The minimum absolute atomic E-state index is 0.317. The van der Waals surface area contributed by atoms with Gasteiger partial charge in [0.05, 0.1) is 12.0 Å². The van der Waals surface area contributed by atoms with Crippen molar-refractivity contribution in [2.75, 3.05) is 37.6 Å². The highest BCUT2D eigenvalue weighted by atomic mass is 19.1. The van der Waals surface area contributed by atoms with Crippen molar-refractivity contribution in [3.8, 4) is 0 Å². The molecule has 1 fully saturated rings. The second-order valence-corrected chi connectivity index (χ2v) is 5.82. The zero-order chi connectivity index (χ0) is 17.6. The van der Waals surface area contributed by atoms with E-state index in [4.69, 9.17) is 4.42 Å². The summed E-state index contributed by atoms with van der Waals surface area (Å²) in [5, 5.41) is 3.27. The van der Waals surface area contributed by atoms with E-state index in [0.717, 1.165) is 24.3 Å². The maximum absolute atomic E-state index is 13.9. The van der Waals surface area contributed by atoms with Gasteiger partial charge < -0.3 is 19.5 Å². The molecule has 1 aromatic carbocycles. The van der Waals surface area contributed by atoms with Gasteiger partial charge in [-0.05, 0) is 31.2 Å². The zero-order valence-electron chi connectivity index (χ0n) is 14.2. The van der Waals surface area contributed by atoms with Crippen LogP contribution >= 0.6 is 0 Å². The van der Waals surface area contributed by atoms with Gasteiger partial charge in [-0.15, -0.1) is 0 Å². The quantitative estimate of drug-likeness (QED) is 0.682. The van der Waals surface area contributed by atoms with Crippen LogP contribution in [0.5, 0.6) is 0 Å². The second-order valence-electron chi connectivity index (χ2n) is 5.82. The minimum atomic E-state index is -0.424. The van der Waals surface area contributed by atoms with Crippen LogP contribution < -0.4 is 10.2 Å². The summed E-state index contributed by atoms with van der Waals surface area (Å²) < 4.78 is 32.7. The molecular weight excluding hydrogens is 326 g/mol. The molecule has 0 spiro atoms. The van der Waals surface area contributed by atoms with Gasteiger partial charge in [0.1, 0.15) is 23.9 Å². The summed E-state index contributed by atoms with van der Waals surface area (Å²) in [6.45, 7) is 5.81. The van der Waals surface area contributed by atoms with Crippen molar-refractivity contribution in [3.05, 3.63) is 54.0 Å². The van der Waals surface area contributed by atoms with Gasteiger partial charge in [0.15, 0.2) is 5.96 Å². The molecule has 2 heterocycles. The second kappa shape index (κ2) is 8.00. The molecule has 1 aliphatic rings. The van der Waals surface area contributed by atoms with Crippen LogP contribution in [0.3, 0.4) is 0 Å². The van der Waals surface area contributed by atoms with E-state index in [2.05, 4.69) is 15.2 Å². The number of furan rings is 1. The molecule has 0 amide bonds. The van der Waals surface area contributed by atoms with Crippen molar-refractivity contribution in [2.24, 2.45) is 4.99 Å². The molecule has 1 aliphatic heterocycles. The van der Waals surface area contributed by atoms with E-state index in [1.165, 1.54) is 12.1 Å². The molecule has 25 heavy (non-hydrogen) atoms. The molecule has 134 valence electrons. The van der Waals surface area contributed by atoms with Crippen LogP contribution in [-0.2, 0) is 6.54 Å². The van der Waals surface area contributed by atoms with Crippen molar-refractivity contribution in [1.82, 2.24) is 10.2 Å². The Bertz CT molecular complexity index is 710. The molecule has 3 rings (SSSR count). The predicted octanol–water partition coefficient (Wildman–Crippen LogP) is 2.85. The Hall–Kier alpha value is -2.57. The largest absolute Gasteiger partial charge is 0.467 e. The topological polar surface area (TPSA) is 44.0 Å². The van der Waals surface area contributed by atoms with Gasteiger partial charge in [-0.25, -0.2) is 13.8 Å². The van der Waals surface area contributed by atoms with E-state index < -0.39 is 11.6 Å². The molecule has 0 saturated carbocycles. The van der Waals surface area contributed by atoms with Gasteiger partial charge in [-0.1, -0.05) is 0 Å². The Morgan fingerprint density at radius 3 is 2.68 bits per heavy atom. The lowest BCUT2D eigenvalue weighted by Crippen LogP contribution is -2.52. The number of rotatable bonds is 4. The Labute approximate surface area is 145 Å². The van der Waals surface area contributed by atoms with E-state index in [1.54, 1.807) is 6.26 Å². The number of benzene rings is 1. The van der Waals surface area contributed by atoms with Gasteiger partial charge in [0.25, 0.3) is 0 Å². The number of nitrogens with one attached hydrogen (secondary N) is 1. The molecule has 7 heteroatoms. The molecule has 0 unspecified atom stereocenters. The average molecular weight is 348 g/mol. The van der Waals surface area contributed by atoms with Crippen molar-refractivity contribution in [1.29, 1.82) is 0 Å². The SMILES string of the molecule is CCNC(=NCc1ccco1)N1CCN(c2cc(F)ccc2F)CC1. The van der Waals surface area contributed by atoms with Crippen LogP contribution in [-0.4, -0.2) is 43.6 Å². The normalized spacial score (nSPS) is 15.6. The Kier molecular flexibility index (Phi) is 5.53. The third kappa shape index (κ3) is 4.29. The van der Waals surface area contributed by atoms with Crippen LogP contribution in [0.15, 0.2) is 46.0 Å². The number of halogens is 2. The number of aliphatic imine (C=N–C) groups is 1. The monoisotopic (exact) mass is 348 g/mol. The molecular formula is C18H22F2N4O. The fourth-order valence-corrected chi connectivity index (χ4v) is 2.87. The standard InChI is InChI=1S/C18H22F2N4O/c1-2-21-18(22-13-15-4-3-11-25-15)24-9-7-23(8-10-24)17-12-14(19)5-6-16(17)20/h3-6,11-12H,2,7-10,13H2,1H3,(H,21,22). The highest BCUT2D eigenvalue weighted by Crippen LogP contribution is 2.22. The van der Waals surface area contributed by atoms with Crippen LogP contribution in [0, 0.1) is 11.6 Å². The Balaban J connectivity index is 1.64. The van der Waals surface area contributed by atoms with Crippen molar-refractivity contribution >= 4 is 11.6 Å². The fraction of sp³-hybridized carbons (Fsp3) is 0.389. The highest BCUT2D eigenvalue weighted by Gasteiger charge is 2.22. The molecule has 2 aromatic rings. The number of anilines is 1. The lowest BCUT2D eigenvalue weighted by molar-refractivity contribution is 0.369. The first kappa shape index (κ1) is 17.3. The summed E-state index contributed by atoms with van der Waals surface area (Å²) >= 11 is 0. The first-order valence-corrected chi connectivity index (χ1v) is 8.43. The van der Waals surface area contributed by atoms with Crippen LogP contribution in [0.4, 0.5) is 14.5 Å². The number of piperazine rings is 1. The third-order valence-electron chi connectivity index (χ3n) is 4.13. The molecule has 0 atom stereocenters. The molecule has 1 N–H and O–H groups in total. The van der Waals surface area contributed by atoms with Crippen molar-refractivity contribution in [3.63, 3.8) is 0 Å². The number of hydrogen-bond acceptors (Lipinski definition) is 3. The summed E-state index contributed by atoms with van der Waals surface area (Å²) in [5.41, 5.74) is 0.317. The molecule has 1 saturated heterocycles. The van der Waals surface area contributed by atoms with Gasteiger partial charge in [0.2, 0.25) is 0 Å². The average Bonchev–Trinajstić information content (AvgIpc) is 3.14. The third-order valence-corrected chi connectivity index (χ3v) is 4.13. The highest BCUT2D eigenvalue weighted by molar-refractivity contribution is 5.80. The molecule has 0 bridgehead atoms. The predicted molar refractivity (Wildman–Crippen MR) is 93.7 cm³/mol. The first-order valence-electron chi connectivity index (χ1n) is 8.43. The van der Waals surface area contributed by atoms with Gasteiger partial charge in [-0.3, -0.25) is 0 Å². The van der Waals surface area contributed by atoms with Crippen molar-refractivity contribution in [2.45, 2.75) is 13.5 Å². The molecule has 1 aromatic heterocycles. The molecule has 0 radical (unpaired) electrons. The van der Waals surface area contributed by atoms with Gasteiger partial charge >= 0.3 is 0 Å². The van der Waals surface area contributed by atoms with Gasteiger partial charge in [-0.2, -0.15) is 0 Å². The first-order chi connectivity index (χ1) is 12.2. The van der Waals surface area contributed by atoms with Gasteiger partial charge in [0, 0.05) is 38.8 Å². The summed E-state index contributed by atoms with van der Waals surface area (Å²) in [6.07, 6.45) is 1.63. The maximum atomic E-state index is 13.9. The molecule has 5 nitrogen and oxygen atoms in total. The van der Waals surface area contributed by atoms with Crippen LogP contribution in [0.25, 0.3) is 0 Å². The Morgan fingerprint density at radius 1 is 1.20 bits per heavy atom. The molecule has 0 aliphatic carbocycles. The van der Waals surface area contributed by atoms with Crippen molar-refractivity contribution < 1.29 is 13.2 Å². The lowest BCUT2D eigenvalue weighted by atomic mass is 10.2. The number of hydrogen-bond donors (Lipinski definition) is 1. The minimum Gasteiger partial charge on any atom is -0.467 e. The Morgan fingerprint density at radius 2 is 2.00 bits per heavy atom. The summed E-state index contributed by atoms with van der Waals surface area (Å²) in [7, 11) is 0. The van der Waals surface area contributed by atoms with E-state index in [0.29, 0.717) is 38.4 Å². The van der Waals surface area contributed by atoms with Crippen LogP contribution in [0.2, 0.25) is 0 Å². The fourth-order valence-electron chi connectivity index (χ4n) is 2.87. The van der Waals surface area contributed by atoms with E-state index in [-0.39, 0.29) is 0 Å². The van der Waals surface area contributed by atoms with E-state index >= 15 is 0 Å². The number of nitrogens with zero attached hydrogens (tertiary/aromatic N) is 3. The lowest BCUT2D eigenvalue weighted by Gasteiger charge is -2.37. The van der Waals surface area contributed by atoms with Crippen LogP contribution in [0.1, 0.15) is 12.7 Å². The smallest absolute Gasteiger partial charge is 0.194 e. The van der Waals surface area contributed by atoms with E-state index in [1.807, 2.05) is 24.0 Å². The summed E-state index contributed by atoms with van der Waals surface area (Å²) in [4.78, 5) is 8.59.